The maximum atomic E-state index is 14.1. The third kappa shape index (κ3) is 5.07. The Hall–Kier alpha value is -3.96. The highest BCUT2D eigenvalue weighted by Crippen LogP contribution is 2.46. The maximum Gasteiger partial charge on any atom is 0.341 e. The number of hydrogen-bond donors (Lipinski definition) is 0. The number of esters is 1. The van der Waals surface area contributed by atoms with Crippen molar-refractivity contribution in [3.8, 4) is 17.2 Å². The fourth-order valence-electron chi connectivity index (χ4n) is 4.74. The van der Waals surface area contributed by atoms with E-state index in [4.69, 9.17) is 30.5 Å². The van der Waals surface area contributed by atoms with Gasteiger partial charge in [-0.05, 0) is 31.2 Å². The summed E-state index contributed by atoms with van der Waals surface area (Å²) in [6.45, 7) is 1.57. The van der Waals surface area contributed by atoms with Crippen LogP contribution in [0.25, 0.3) is 5.69 Å². The van der Waals surface area contributed by atoms with Gasteiger partial charge in [0.05, 0.1) is 38.3 Å². The van der Waals surface area contributed by atoms with E-state index in [0.717, 1.165) is 0 Å². The molecule has 2 aromatic carbocycles. The van der Waals surface area contributed by atoms with Crippen molar-refractivity contribution in [3.05, 3.63) is 82.2 Å². The fourth-order valence-corrected chi connectivity index (χ4v) is 4.92. The lowest BCUT2D eigenvalue weighted by molar-refractivity contribution is -0.00439. The first-order valence-corrected chi connectivity index (χ1v) is 12.7. The van der Waals surface area contributed by atoms with Gasteiger partial charge in [0.15, 0.2) is 23.1 Å². The Kier molecular flexibility index (Phi) is 7.80. The standard InChI is InChI=1S/C27H27ClFN5O5/c1-4-38-27(35)16-14-30-33(15-16)11-10-22-26-32-31-23(13-29)34(26)20-9-8-17(28)12-19(20)24(39-22)18-6-5-7-21(36-2)25(18)37-3/h5-9,12,14-15,22,24H,4,10-11,13H2,1-3H3/t22-,24-/m1/s1. The zero-order valence-corrected chi connectivity index (χ0v) is 22.4. The van der Waals surface area contributed by atoms with Crippen molar-refractivity contribution in [1.29, 1.82) is 0 Å². The molecule has 0 spiro atoms. The van der Waals surface area contributed by atoms with E-state index in [1.807, 2.05) is 12.1 Å². The quantitative estimate of drug-likeness (QED) is 0.265. The molecular formula is C27H27ClFN5O5. The average Bonchev–Trinajstić information content (AvgIpc) is 3.58. The highest BCUT2D eigenvalue weighted by atomic mass is 35.5. The number of carbonyl (C=O) groups is 1. The Morgan fingerprint density at radius 3 is 2.74 bits per heavy atom. The van der Waals surface area contributed by atoms with E-state index < -0.39 is 24.9 Å². The Morgan fingerprint density at radius 1 is 1.15 bits per heavy atom. The van der Waals surface area contributed by atoms with Gasteiger partial charge in [-0.1, -0.05) is 23.7 Å². The van der Waals surface area contributed by atoms with Gasteiger partial charge in [-0.2, -0.15) is 5.10 Å². The summed E-state index contributed by atoms with van der Waals surface area (Å²) < 4.78 is 40.5. The summed E-state index contributed by atoms with van der Waals surface area (Å²) >= 11 is 6.44. The normalized spacial score (nSPS) is 16.2. The molecule has 4 aromatic rings. The number of rotatable bonds is 9. The molecule has 0 N–H and O–H groups in total. The molecule has 0 bridgehead atoms. The number of methoxy groups -OCH3 is 2. The van der Waals surface area contributed by atoms with Crippen molar-refractivity contribution < 1.29 is 28.1 Å². The van der Waals surface area contributed by atoms with Gasteiger partial charge in [-0.25, -0.2) is 9.18 Å². The molecule has 0 radical (unpaired) electrons. The number of carbonyl (C=O) groups excluding carboxylic acids is 1. The van der Waals surface area contributed by atoms with E-state index in [2.05, 4.69) is 15.3 Å². The second-order valence-corrected chi connectivity index (χ2v) is 9.17. The highest BCUT2D eigenvalue weighted by molar-refractivity contribution is 6.30. The van der Waals surface area contributed by atoms with Gasteiger partial charge in [0.2, 0.25) is 0 Å². The fraction of sp³-hybridized carbons (Fsp3) is 0.333. The summed E-state index contributed by atoms with van der Waals surface area (Å²) in [7, 11) is 3.12. The third-order valence-corrected chi connectivity index (χ3v) is 6.69. The molecule has 1 aliphatic heterocycles. The van der Waals surface area contributed by atoms with Crippen LogP contribution in [0.3, 0.4) is 0 Å². The van der Waals surface area contributed by atoms with Crippen LogP contribution in [0.15, 0.2) is 48.8 Å². The minimum Gasteiger partial charge on any atom is -0.493 e. The second-order valence-electron chi connectivity index (χ2n) is 8.74. The molecule has 1 aliphatic rings. The van der Waals surface area contributed by atoms with Crippen LogP contribution in [-0.4, -0.2) is 51.3 Å². The van der Waals surface area contributed by atoms with E-state index >= 15 is 0 Å². The Balaban J connectivity index is 1.58. The molecule has 2 atom stereocenters. The van der Waals surface area contributed by atoms with Crippen molar-refractivity contribution >= 4 is 17.6 Å². The summed E-state index contributed by atoms with van der Waals surface area (Å²) in [5.74, 6) is 1.18. The number of halogens is 2. The van der Waals surface area contributed by atoms with Crippen LogP contribution in [0, 0.1) is 0 Å². The van der Waals surface area contributed by atoms with E-state index in [-0.39, 0.29) is 12.4 Å². The molecule has 0 fully saturated rings. The maximum absolute atomic E-state index is 14.1. The molecular weight excluding hydrogens is 529 g/mol. The first-order valence-electron chi connectivity index (χ1n) is 12.3. The number of alkyl halides is 1. The van der Waals surface area contributed by atoms with Crippen molar-refractivity contribution in [2.75, 3.05) is 20.8 Å². The SMILES string of the molecule is CCOC(=O)c1cnn(CC[C@H]2O[C@H](c3cccc(OC)c3OC)c3cc(Cl)ccc3-n3c(CF)nnc32)c1. The Bertz CT molecular complexity index is 1490. The van der Waals surface area contributed by atoms with Crippen molar-refractivity contribution in [2.24, 2.45) is 0 Å². The molecule has 39 heavy (non-hydrogen) atoms. The van der Waals surface area contributed by atoms with Gasteiger partial charge in [0, 0.05) is 35.3 Å². The predicted molar refractivity (Wildman–Crippen MR) is 139 cm³/mol. The van der Waals surface area contributed by atoms with Crippen molar-refractivity contribution in [2.45, 2.75) is 38.8 Å². The minimum atomic E-state index is -0.822. The van der Waals surface area contributed by atoms with Crippen LogP contribution in [0.1, 0.15) is 58.7 Å². The topological polar surface area (TPSA) is 103 Å². The molecule has 5 rings (SSSR count). The second kappa shape index (κ2) is 11.4. The zero-order chi connectivity index (χ0) is 27.5. The number of aryl methyl sites for hydroxylation is 1. The van der Waals surface area contributed by atoms with Gasteiger partial charge >= 0.3 is 5.97 Å². The Morgan fingerprint density at radius 2 is 2.00 bits per heavy atom. The number of ether oxygens (including phenoxy) is 4. The largest absolute Gasteiger partial charge is 0.493 e. The summed E-state index contributed by atoms with van der Waals surface area (Å²) in [6, 6.07) is 10.8. The molecule has 0 saturated carbocycles. The monoisotopic (exact) mass is 555 g/mol. The average molecular weight is 556 g/mol. The van der Waals surface area contributed by atoms with Crippen LogP contribution < -0.4 is 9.47 Å². The molecule has 0 unspecified atom stereocenters. The minimum absolute atomic E-state index is 0.143. The van der Waals surface area contributed by atoms with Gasteiger partial charge < -0.3 is 18.9 Å². The summed E-state index contributed by atoms with van der Waals surface area (Å²) in [5, 5.41) is 13.2. The van der Waals surface area contributed by atoms with E-state index in [0.29, 0.717) is 57.7 Å². The van der Waals surface area contributed by atoms with E-state index in [1.54, 1.807) is 60.9 Å². The molecule has 0 amide bonds. The van der Waals surface area contributed by atoms with E-state index in [9.17, 15) is 9.18 Å². The predicted octanol–water partition coefficient (Wildman–Crippen LogP) is 5.03. The number of nitrogens with zero attached hydrogens (tertiary/aromatic N) is 5. The zero-order valence-electron chi connectivity index (χ0n) is 21.6. The summed E-state index contributed by atoms with van der Waals surface area (Å²) in [5.41, 5.74) is 2.39. The summed E-state index contributed by atoms with van der Waals surface area (Å²) in [4.78, 5) is 12.1. The van der Waals surface area contributed by atoms with Gasteiger partial charge in [0.25, 0.3) is 0 Å². The third-order valence-electron chi connectivity index (χ3n) is 6.46. The number of para-hydroxylation sites is 1. The van der Waals surface area contributed by atoms with Gasteiger partial charge in [-0.3, -0.25) is 9.25 Å². The lowest BCUT2D eigenvalue weighted by atomic mass is 9.98. The summed E-state index contributed by atoms with van der Waals surface area (Å²) in [6.07, 6.45) is 2.15. The van der Waals surface area contributed by atoms with Crippen LogP contribution >= 0.6 is 11.6 Å². The van der Waals surface area contributed by atoms with Crippen molar-refractivity contribution in [1.82, 2.24) is 24.5 Å². The van der Waals surface area contributed by atoms with Crippen LogP contribution in [0.5, 0.6) is 11.5 Å². The van der Waals surface area contributed by atoms with Gasteiger partial charge in [-0.15, -0.1) is 10.2 Å². The molecule has 2 aromatic heterocycles. The number of hydrogen-bond acceptors (Lipinski definition) is 8. The highest BCUT2D eigenvalue weighted by Gasteiger charge is 2.35. The first-order chi connectivity index (χ1) is 19.0. The number of benzene rings is 2. The lowest BCUT2D eigenvalue weighted by Gasteiger charge is -2.25. The first kappa shape index (κ1) is 26.6. The van der Waals surface area contributed by atoms with Crippen LogP contribution in [0.4, 0.5) is 4.39 Å². The molecule has 0 saturated heterocycles. The molecule has 3 heterocycles. The number of aromatic nitrogens is 5. The lowest BCUT2D eigenvalue weighted by Crippen LogP contribution is -2.15. The molecule has 0 aliphatic carbocycles. The van der Waals surface area contributed by atoms with Gasteiger partial charge in [0.1, 0.15) is 18.9 Å². The molecule has 12 heteroatoms. The van der Waals surface area contributed by atoms with Crippen LogP contribution in [0.2, 0.25) is 5.02 Å². The molecule has 10 nitrogen and oxygen atoms in total. The van der Waals surface area contributed by atoms with E-state index in [1.165, 1.54) is 6.20 Å². The molecule has 204 valence electrons. The smallest absolute Gasteiger partial charge is 0.341 e. The van der Waals surface area contributed by atoms with Crippen LogP contribution in [-0.2, 0) is 22.7 Å². The van der Waals surface area contributed by atoms with Crippen molar-refractivity contribution in [3.63, 3.8) is 0 Å². The Labute approximate surface area is 229 Å². The number of fused-ring (bicyclic) bond motifs is 3.